The van der Waals surface area contributed by atoms with Crippen LogP contribution in [0.2, 0.25) is 36.3 Å². The van der Waals surface area contributed by atoms with E-state index in [1.54, 1.807) is 0 Å². The van der Waals surface area contributed by atoms with E-state index in [9.17, 15) is 5.11 Å². The third-order valence-corrected chi connectivity index (χ3v) is 16.8. The van der Waals surface area contributed by atoms with Gasteiger partial charge in [-0.1, -0.05) is 59.7 Å². The maximum Gasteiger partial charge on any atom is 0.250 e. The Morgan fingerprint density at radius 1 is 0.714 bits per heavy atom. The fourth-order valence-electron chi connectivity index (χ4n) is 3.86. The first-order valence-corrected chi connectivity index (χ1v) is 18.3. The van der Waals surface area contributed by atoms with Crippen LogP contribution >= 0.6 is 0 Å². The van der Waals surface area contributed by atoms with Crippen molar-refractivity contribution in [3.05, 3.63) is 54.1 Å². The minimum atomic E-state index is -1.98. The van der Waals surface area contributed by atoms with Gasteiger partial charge in [-0.15, -0.1) is 0 Å². The summed E-state index contributed by atoms with van der Waals surface area (Å²) < 4.78 is 19.0. The van der Waals surface area contributed by atoms with Gasteiger partial charge in [-0.25, -0.2) is 0 Å². The second-order valence-electron chi connectivity index (χ2n) is 12.8. The van der Waals surface area contributed by atoms with Crippen molar-refractivity contribution >= 4 is 27.4 Å². The summed E-state index contributed by atoms with van der Waals surface area (Å²) in [4.78, 5) is 0. The quantitative estimate of drug-likeness (QED) is 0.358. The highest BCUT2D eigenvalue weighted by Crippen LogP contribution is 2.47. The number of hydrogen-bond acceptors (Lipinski definition) is 4. The van der Waals surface area contributed by atoms with Crippen LogP contribution in [0, 0.1) is 0 Å². The van der Waals surface area contributed by atoms with E-state index in [0.29, 0.717) is 5.75 Å². The number of rotatable bonds is 4. The summed E-state index contributed by atoms with van der Waals surface area (Å²) in [6, 6.07) is 16.3. The molecule has 0 fully saturated rings. The van der Waals surface area contributed by atoms with Crippen LogP contribution in [-0.4, -0.2) is 21.7 Å². The molecule has 188 valence electrons. The Morgan fingerprint density at radius 3 is 1.80 bits per heavy atom. The zero-order valence-corrected chi connectivity index (χ0v) is 24.9. The Hall–Kier alpha value is -2.29. The molecular weight excluding hydrogens is 468 g/mol. The summed E-state index contributed by atoms with van der Waals surface area (Å²) in [6.07, 6.45) is -1.04. The molecule has 0 aromatic heterocycles. The number of aliphatic hydroxyl groups is 1. The number of hydrogen-bond donors (Lipinski definition) is 1. The number of fused-ring (bicyclic) bond motifs is 5. The molecule has 0 amide bonds. The highest BCUT2D eigenvalue weighted by molar-refractivity contribution is 6.75. The van der Waals surface area contributed by atoms with Gasteiger partial charge < -0.3 is 18.7 Å². The fourth-order valence-corrected chi connectivity index (χ4v) is 5.90. The third-order valence-electron chi connectivity index (χ3n) is 8.12. The Labute approximate surface area is 212 Å². The van der Waals surface area contributed by atoms with E-state index in [2.05, 4.69) is 85.9 Å². The van der Waals surface area contributed by atoms with Crippen LogP contribution in [0.4, 0.5) is 0 Å². The Morgan fingerprint density at radius 2 is 1.23 bits per heavy atom. The number of benzene rings is 3. The maximum atomic E-state index is 11.0. The predicted molar refractivity (Wildman–Crippen MR) is 151 cm³/mol. The van der Waals surface area contributed by atoms with Crippen LogP contribution in [0.1, 0.15) is 53.4 Å². The van der Waals surface area contributed by atoms with E-state index >= 15 is 0 Å². The molecule has 1 atom stereocenters. The third kappa shape index (κ3) is 4.76. The minimum Gasteiger partial charge on any atom is -0.543 e. The summed E-state index contributed by atoms with van der Waals surface area (Å²) in [5, 5.41) is 13.3. The molecule has 1 N–H and O–H groups in total. The van der Waals surface area contributed by atoms with Gasteiger partial charge in [-0.3, -0.25) is 0 Å². The van der Waals surface area contributed by atoms with E-state index in [1.165, 1.54) is 0 Å². The average Bonchev–Trinajstić information content (AvgIpc) is 2.70. The molecule has 4 rings (SSSR count). The number of ether oxygens (including phenoxy) is 1. The summed E-state index contributed by atoms with van der Waals surface area (Å²) in [5.74, 6) is 2.32. The fraction of sp³-hybridized carbons (Fsp3) is 0.448. The molecule has 35 heavy (non-hydrogen) atoms. The van der Waals surface area contributed by atoms with Crippen LogP contribution in [0.15, 0.2) is 48.5 Å². The van der Waals surface area contributed by atoms with Crippen LogP contribution < -0.4 is 13.6 Å². The molecule has 1 aliphatic heterocycles. The standard InChI is InChI=1S/C29H40O4Si2/c1-28(2,3)34(7,8)32-20-12-15-22-19(17-20)11-14-24-23-16-13-21(33-35(9,10)29(4,5)6)18-25(23)31-27(30)26(22)24/h11-18,27,30H,1-10H3. The van der Waals surface area contributed by atoms with Gasteiger partial charge in [-0.05, 0) is 76.9 Å². The molecule has 1 unspecified atom stereocenters. The van der Waals surface area contributed by atoms with E-state index in [0.717, 1.165) is 39.0 Å². The monoisotopic (exact) mass is 508 g/mol. The molecular formula is C29H40O4Si2. The minimum absolute atomic E-state index is 0.0991. The second kappa shape index (κ2) is 8.39. The van der Waals surface area contributed by atoms with Crippen molar-refractivity contribution in [2.75, 3.05) is 0 Å². The molecule has 1 aliphatic rings. The molecule has 0 saturated carbocycles. The van der Waals surface area contributed by atoms with Gasteiger partial charge in [-0.2, -0.15) is 0 Å². The first-order chi connectivity index (χ1) is 16.0. The Bertz CT molecular complexity index is 1270. The zero-order valence-electron chi connectivity index (χ0n) is 22.9. The van der Waals surface area contributed by atoms with Gasteiger partial charge in [0.2, 0.25) is 22.9 Å². The molecule has 1 heterocycles. The molecule has 0 radical (unpaired) electrons. The average molecular weight is 509 g/mol. The van der Waals surface area contributed by atoms with Crippen LogP contribution in [0.3, 0.4) is 0 Å². The van der Waals surface area contributed by atoms with Crippen molar-refractivity contribution < 1.29 is 18.7 Å². The van der Waals surface area contributed by atoms with E-state index in [1.807, 2.05) is 30.3 Å². The normalized spacial score (nSPS) is 16.4. The van der Waals surface area contributed by atoms with Crippen LogP contribution in [0.25, 0.3) is 21.9 Å². The van der Waals surface area contributed by atoms with Crippen molar-refractivity contribution in [3.8, 4) is 28.4 Å². The van der Waals surface area contributed by atoms with Gasteiger partial charge in [0.15, 0.2) is 0 Å². The molecule has 3 aromatic carbocycles. The van der Waals surface area contributed by atoms with Gasteiger partial charge in [0, 0.05) is 17.2 Å². The van der Waals surface area contributed by atoms with E-state index in [4.69, 9.17) is 13.6 Å². The molecule has 0 bridgehead atoms. The Kier molecular flexibility index (Phi) is 6.18. The van der Waals surface area contributed by atoms with Gasteiger partial charge in [0.25, 0.3) is 0 Å². The van der Waals surface area contributed by atoms with Gasteiger partial charge >= 0.3 is 0 Å². The lowest BCUT2D eigenvalue weighted by molar-refractivity contribution is -0.0201. The lowest BCUT2D eigenvalue weighted by atomic mass is 9.91. The van der Waals surface area contributed by atoms with Crippen molar-refractivity contribution in [3.63, 3.8) is 0 Å². The van der Waals surface area contributed by atoms with E-state index < -0.39 is 22.9 Å². The lowest BCUT2D eigenvalue weighted by Crippen LogP contribution is -2.43. The molecule has 6 heteroatoms. The van der Waals surface area contributed by atoms with Crippen LogP contribution in [-0.2, 0) is 0 Å². The van der Waals surface area contributed by atoms with Crippen molar-refractivity contribution in [1.29, 1.82) is 0 Å². The topological polar surface area (TPSA) is 47.9 Å². The predicted octanol–water partition coefficient (Wildman–Crippen LogP) is 8.66. The SMILES string of the molecule is CC(C)(C)[Si](C)(C)Oc1ccc2c(c1)OC(O)c1c-2ccc2cc(O[Si](C)(C)C(C)(C)C)ccc12. The largest absolute Gasteiger partial charge is 0.543 e. The highest BCUT2D eigenvalue weighted by Gasteiger charge is 2.40. The van der Waals surface area contributed by atoms with Gasteiger partial charge in [0.1, 0.15) is 17.2 Å². The second-order valence-corrected chi connectivity index (χ2v) is 22.2. The first kappa shape index (κ1) is 25.8. The summed E-state index contributed by atoms with van der Waals surface area (Å²) >= 11 is 0. The Balaban J connectivity index is 1.71. The summed E-state index contributed by atoms with van der Waals surface area (Å²) in [6.45, 7) is 22.4. The highest BCUT2D eigenvalue weighted by atomic mass is 28.4. The van der Waals surface area contributed by atoms with Crippen molar-refractivity contribution in [2.45, 2.75) is 84.1 Å². The molecule has 0 spiro atoms. The van der Waals surface area contributed by atoms with Crippen molar-refractivity contribution in [1.82, 2.24) is 0 Å². The van der Waals surface area contributed by atoms with Crippen molar-refractivity contribution in [2.24, 2.45) is 0 Å². The molecule has 0 saturated heterocycles. The van der Waals surface area contributed by atoms with Crippen LogP contribution in [0.5, 0.6) is 17.2 Å². The summed E-state index contributed by atoms with van der Waals surface area (Å²) in [7, 11) is -3.92. The molecule has 4 nitrogen and oxygen atoms in total. The van der Waals surface area contributed by atoms with E-state index in [-0.39, 0.29) is 10.1 Å². The first-order valence-electron chi connectivity index (χ1n) is 12.4. The molecule has 0 aliphatic carbocycles. The zero-order chi connectivity index (χ0) is 26.0. The molecule has 3 aromatic rings. The smallest absolute Gasteiger partial charge is 0.250 e. The summed E-state index contributed by atoms with van der Waals surface area (Å²) in [5.41, 5.74) is 2.76. The maximum absolute atomic E-state index is 11.0. The lowest BCUT2D eigenvalue weighted by Gasteiger charge is -2.37. The van der Waals surface area contributed by atoms with Gasteiger partial charge in [0.05, 0.1) is 0 Å². The number of aliphatic hydroxyl groups excluding tert-OH is 1.